The van der Waals surface area contributed by atoms with Crippen LogP contribution in [0.2, 0.25) is 10.0 Å². The van der Waals surface area contributed by atoms with Crippen molar-refractivity contribution in [2.75, 3.05) is 18.0 Å². The summed E-state index contributed by atoms with van der Waals surface area (Å²) in [5, 5.41) is 13.5. The van der Waals surface area contributed by atoms with Crippen LogP contribution in [0.4, 0.5) is 10.5 Å². The minimum Gasteiger partial charge on any atom is -0.449 e. The first kappa shape index (κ1) is 23.6. The Bertz CT molecular complexity index is 1140. The number of ether oxygens (including phenoxy) is 1. The van der Waals surface area contributed by atoms with Gasteiger partial charge in [0.15, 0.2) is 0 Å². The highest BCUT2D eigenvalue weighted by molar-refractivity contribution is 7.18. The van der Waals surface area contributed by atoms with Gasteiger partial charge in [-0.1, -0.05) is 64.9 Å². The van der Waals surface area contributed by atoms with Gasteiger partial charge in [0.2, 0.25) is 5.06 Å². The Morgan fingerprint density at radius 1 is 1.06 bits per heavy atom. The van der Waals surface area contributed by atoms with Crippen molar-refractivity contribution in [3.63, 3.8) is 0 Å². The third kappa shape index (κ3) is 5.50. The molecule has 6 nitrogen and oxygen atoms in total. The molecular weight excluding hydrogens is 483 g/mol. The lowest BCUT2D eigenvalue weighted by Gasteiger charge is -2.31. The molecule has 1 fully saturated rings. The number of hydrogen-bond acceptors (Lipinski definition) is 5. The zero-order valence-corrected chi connectivity index (χ0v) is 19.9. The molecule has 172 valence electrons. The monoisotopic (exact) mass is 504 g/mol. The van der Waals surface area contributed by atoms with Crippen molar-refractivity contribution < 1.29 is 19.4 Å². The lowest BCUT2D eigenvalue weighted by atomic mass is 10.0. The molecule has 2 heterocycles. The van der Waals surface area contributed by atoms with Gasteiger partial charge in [-0.2, -0.15) is 0 Å². The van der Waals surface area contributed by atoms with Gasteiger partial charge in [0, 0.05) is 15.9 Å². The minimum atomic E-state index is -1.43. The number of rotatable bonds is 5. The first-order valence-electron chi connectivity index (χ1n) is 10.5. The average Bonchev–Trinajstić information content (AvgIpc) is 3.00. The summed E-state index contributed by atoms with van der Waals surface area (Å²) in [5.41, 5.74) is 1.62. The Labute approximate surface area is 205 Å². The number of nitrogens with zero attached hydrogens (tertiary/aromatic N) is 1. The number of hydrogen-bond donors (Lipinski definition) is 2. The number of thiophene rings is 1. The van der Waals surface area contributed by atoms with E-state index >= 15 is 0 Å². The van der Waals surface area contributed by atoms with Crippen LogP contribution in [0.25, 0.3) is 10.4 Å². The second-order valence-electron chi connectivity index (χ2n) is 7.65. The molecule has 1 aromatic heterocycles. The van der Waals surface area contributed by atoms with Crippen molar-refractivity contribution >= 4 is 52.3 Å². The third-order valence-electron chi connectivity index (χ3n) is 5.47. The largest absolute Gasteiger partial charge is 0.512 e. The molecule has 0 aliphatic carbocycles. The fourth-order valence-electron chi connectivity index (χ4n) is 3.95. The van der Waals surface area contributed by atoms with Gasteiger partial charge in [-0.3, -0.25) is 4.79 Å². The summed E-state index contributed by atoms with van der Waals surface area (Å²) < 4.78 is 5.16. The maximum absolute atomic E-state index is 13.9. The molecule has 1 aliphatic rings. The quantitative estimate of drug-likeness (QED) is 0.384. The molecule has 4 rings (SSSR count). The summed E-state index contributed by atoms with van der Waals surface area (Å²) in [6, 6.07) is 16.0. The van der Waals surface area contributed by atoms with E-state index in [2.05, 4.69) is 5.32 Å². The summed E-state index contributed by atoms with van der Waals surface area (Å²) in [6.45, 7) is 1.60. The van der Waals surface area contributed by atoms with E-state index < -0.39 is 6.16 Å². The van der Waals surface area contributed by atoms with E-state index in [1.54, 1.807) is 17.0 Å². The second kappa shape index (κ2) is 10.6. The van der Waals surface area contributed by atoms with E-state index in [1.807, 2.05) is 36.4 Å². The number of nitrogens with one attached hydrogen (secondary N) is 1. The standard InChI is InChI=1S/C24H22Cl2N2O4S/c25-16-8-9-18(19(26)13-16)22(29)28(17-7-4-11-27-12-10-17)20-14-21(15-5-2-1-3-6-15)33-23(20)32-24(30)31/h1-3,5-6,8-9,13-14,17,27H,4,7,10-12H2,(H,30,31). The van der Waals surface area contributed by atoms with Gasteiger partial charge in [0.05, 0.1) is 16.3 Å². The van der Waals surface area contributed by atoms with Gasteiger partial charge in [-0.15, -0.1) is 0 Å². The average molecular weight is 505 g/mol. The first-order valence-corrected chi connectivity index (χ1v) is 12.1. The Morgan fingerprint density at radius 2 is 1.85 bits per heavy atom. The van der Waals surface area contributed by atoms with E-state index in [0.717, 1.165) is 36.4 Å². The van der Waals surface area contributed by atoms with Crippen molar-refractivity contribution in [3.8, 4) is 15.5 Å². The Hall–Kier alpha value is -2.58. The zero-order valence-electron chi connectivity index (χ0n) is 17.6. The molecule has 9 heteroatoms. The number of halogens is 2. The van der Waals surface area contributed by atoms with Crippen molar-refractivity contribution in [2.24, 2.45) is 0 Å². The molecule has 0 spiro atoms. The number of benzene rings is 2. The van der Waals surface area contributed by atoms with Crippen LogP contribution in [0.1, 0.15) is 29.6 Å². The van der Waals surface area contributed by atoms with E-state index in [0.29, 0.717) is 22.7 Å². The number of carbonyl (C=O) groups is 2. The van der Waals surface area contributed by atoms with Gasteiger partial charge in [0.1, 0.15) is 0 Å². The lowest BCUT2D eigenvalue weighted by Crippen LogP contribution is -2.41. The van der Waals surface area contributed by atoms with Gasteiger partial charge in [-0.05, 0) is 62.2 Å². The van der Waals surface area contributed by atoms with Crippen molar-refractivity contribution in [1.29, 1.82) is 0 Å². The molecule has 33 heavy (non-hydrogen) atoms. The van der Waals surface area contributed by atoms with Crippen LogP contribution in [-0.2, 0) is 0 Å². The number of carbonyl (C=O) groups excluding carboxylic acids is 1. The molecule has 1 saturated heterocycles. The predicted octanol–water partition coefficient (Wildman–Crippen LogP) is 6.57. The Morgan fingerprint density at radius 3 is 2.58 bits per heavy atom. The summed E-state index contributed by atoms with van der Waals surface area (Å²) in [5.74, 6) is -0.323. The van der Waals surface area contributed by atoms with E-state index in [9.17, 15) is 14.7 Å². The van der Waals surface area contributed by atoms with Crippen molar-refractivity contribution in [1.82, 2.24) is 5.32 Å². The smallest absolute Gasteiger partial charge is 0.449 e. The minimum absolute atomic E-state index is 0.150. The molecule has 1 amide bonds. The highest BCUT2D eigenvalue weighted by Crippen LogP contribution is 2.45. The highest BCUT2D eigenvalue weighted by atomic mass is 35.5. The van der Waals surface area contributed by atoms with Crippen LogP contribution < -0.4 is 15.0 Å². The first-order chi connectivity index (χ1) is 15.9. The summed E-state index contributed by atoms with van der Waals surface area (Å²) in [4.78, 5) is 27.8. The van der Waals surface area contributed by atoms with E-state index in [1.165, 1.54) is 17.4 Å². The molecule has 2 aromatic carbocycles. The summed E-state index contributed by atoms with van der Waals surface area (Å²) in [7, 11) is 0. The molecule has 3 aromatic rings. The van der Waals surface area contributed by atoms with Crippen LogP contribution in [0.5, 0.6) is 5.06 Å². The SMILES string of the molecule is O=C(O)Oc1sc(-c2ccccc2)cc1N(C(=O)c1ccc(Cl)cc1Cl)C1CCCNCC1. The maximum Gasteiger partial charge on any atom is 0.512 e. The normalized spacial score (nSPS) is 16.1. The predicted molar refractivity (Wildman–Crippen MR) is 132 cm³/mol. The summed E-state index contributed by atoms with van der Waals surface area (Å²) in [6.07, 6.45) is 0.915. The van der Waals surface area contributed by atoms with E-state index in [4.69, 9.17) is 27.9 Å². The third-order valence-corrected chi connectivity index (χ3v) is 7.07. The lowest BCUT2D eigenvalue weighted by molar-refractivity contribution is 0.0972. The highest BCUT2D eigenvalue weighted by Gasteiger charge is 2.32. The van der Waals surface area contributed by atoms with Gasteiger partial charge < -0.3 is 20.1 Å². The van der Waals surface area contributed by atoms with Gasteiger partial charge in [-0.25, -0.2) is 4.79 Å². The molecular formula is C24H22Cl2N2O4S. The van der Waals surface area contributed by atoms with Crippen LogP contribution in [-0.4, -0.2) is 36.3 Å². The topological polar surface area (TPSA) is 78.9 Å². The second-order valence-corrected chi connectivity index (χ2v) is 9.51. The number of carboxylic acid groups (broad SMARTS) is 1. The maximum atomic E-state index is 13.9. The molecule has 1 aliphatic heterocycles. The van der Waals surface area contributed by atoms with Crippen LogP contribution in [0, 0.1) is 0 Å². The van der Waals surface area contributed by atoms with Crippen molar-refractivity contribution in [3.05, 3.63) is 70.2 Å². The molecule has 2 N–H and O–H groups in total. The molecule has 0 bridgehead atoms. The number of amides is 1. The molecule has 1 atom stereocenters. The van der Waals surface area contributed by atoms with Gasteiger partial charge in [0.25, 0.3) is 5.91 Å². The summed E-state index contributed by atoms with van der Waals surface area (Å²) >= 11 is 13.6. The fraction of sp³-hybridized carbons (Fsp3) is 0.250. The van der Waals surface area contributed by atoms with Crippen LogP contribution in [0.3, 0.4) is 0 Å². The molecule has 1 unspecified atom stereocenters. The molecule has 0 radical (unpaired) electrons. The van der Waals surface area contributed by atoms with E-state index in [-0.39, 0.29) is 22.0 Å². The van der Waals surface area contributed by atoms with Crippen LogP contribution >= 0.6 is 34.5 Å². The van der Waals surface area contributed by atoms with Crippen LogP contribution in [0.15, 0.2) is 54.6 Å². The Kier molecular flexibility index (Phi) is 7.55. The van der Waals surface area contributed by atoms with Gasteiger partial charge >= 0.3 is 6.16 Å². The molecule has 0 saturated carbocycles. The zero-order chi connectivity index (χ0) is 23.4. The number of anilines is 1. The van der Waals surface area contributed by atoms with Crippen molar-refractivity contribution in [2.45, 2.75) is 25.3 Å². The Balaban J connectivity index is 1.84. The fourth-order valence-corrected chi connectivity index (χ4v) is 5.44.